The van der Waals surface area contributed by atoms with Crippen molar-refractivity contribution in [2.75, 3.05) is 13.1 Å². The van der Waals surface area contributed by atoms with E-state index in [1.165, 1.54) is 6.92 Å². The lowest BCUT2D eigenvalue weighted by molar-refractivity contribution is -0.144. The van der Waals surface area contributed by atoms with Gasteiger partial charge in [0.1, 0.15) is 30.5 Å². The van der Waals surface area contributed by atoms with Crippen molar-refractivity contribution in [2.45, 2.75) is 89.6 Å². The number of hydrogen-bond donors (Lipinski definition) is 6. The monoisotopic (exact) mass is 661 g/mol. The lowest BCUT2D eigenvalue weighted by Crippen LogP contribution is -2.58. The number of carbonyl (C=O) groups excluding carboxylic acids is 6. The zero-order valence-electron chi connectivity index (χ0n) is 26.6. The number of likely N-dealkylation sites (tertiary alicyclic amines) is 1. The Morgan fingerprint density at radius 1 is 1.02 bits per heavy atom. The third-order valence-electron chi connectivity index (χ3n) is 7.65. The highest BCUT2D eigenvalue weighted by molar-refractivity contribution is 5.95. The van der Waals surface area contributed by atoms with Crippen molar-refractivity contribution in [3.05, 3.63) is 35.9 Å². The molecule has 1 unspecified atom stereocenters. The van der Waals surface area contributed by atoms with E-state index in [4.69, 9.17) is 9.84 Å². The van der Waals surface area contributed by atoms with Gasteiger partial charge in [-0.05, 0) is 24.3 Å². The second-order valence-electron chi connectivity index (χ2n) is 11.3. The fraction of sp³-hybridized carbons (Fsp3) is 0.548. The molecule has 0 spiro atoms. The Bertz CT molecular complexity index is 1290. The van der Waals surface area contributed by atoms with Gasteiger partial charge < -0.3 is 45.9 Å². The number of nitrogens with zero attached hydrogens (tertiary/aromatic N) is 1. The first-order valence-corrected chi connectivity index (χ1v) is 15.3. The lowest BCUT2D eigenvalue weighted by Gasteiger charge is -2.30. The molecule has 1 aromatic rings. The number of amides is 5. The largest absolute Gasteiger partial charge is 0.481 e. The molecule has 1 aliphatic rings. The Hall–Kier alpha value is -5.02. The maximum Gasteiger partial charge on any atom is 0.407 e. The molecule has 0 aromatic heterocycles. The highest BCUT2D eigenvalue weighted by Crippen LogP contribution is 2.23. The normalized spacial score (nSPS) is 18.1. The van der Waals surface area contributed by atoms with Gasteiger partial charge >= 0.3 is 18.0 Å². The number of alkyl carbamates (subject to hydrolysis) is 1. The molecule has 2 rings (SSSR count). The van der Waals surface area contributed by atoms with E-state index in [9.17, 15) is 43.5 Å². The molecule has 16 heteroatoms. The van der Waals surface area contributed by atoms with Gasteiger partial charge in [0.25, 0.3) is 0 Å². The van der Waals surface area contributed by atoms with Crippen molar-refractivity contribution in [1.29, 1.82) is 0 Å². The highest BCUT2D eigenvalue weighted by Gasteiger charge is 2.44. The van der Waals surface area contributed by atoms with Crippen LogP contribution in [0.1, 0.15) is 58.4 Å². The molecule has 1 saturated heterocycles. The van der Waals surface area contributed by atoms with E-state index in [1.807, 2.05) is 30.3 Å². The molecule has 1 aromatic carbocycles. The number of hydrogen-bond acceptors (Lipinski definition) is 9. The molecular weight excluding hydrogens is 618 g/mol. The third-order valence-corrected chi connectivity index (χ3v) is 7.65. The van der Waals surface area contributed by atoms with Crippen LogP contribution in [0, 0.1) is 5.92 Å². The molecule has 0 bridgehead atoms. The van der Waals surface area contributed by atoms with Crippen LogP contribution < -0.4 is 21.3 Å². The lowest BCUT2D eigenvalue weighted by atomic mass is 9.97. The maximum atomic E-state index is 13.9. The van der Waals surface area contributed by atoms with Gasteiger partial charge in [0.05, 0.1) is 19.0 Å². The van der Waals surface area contributed by atoms with E-state index >= 15 is 0 Å². The summed E-state index contributed by atoms with van der Waals surface area (Å²) in [5.41, 5.74) is 0.969. The first-order valence-electron chi connectivity index (χ1n) is 15.3. The molecule has 258 valence electrons. The summed E-state index contributed by atoms with van der Waals surface area (Å²) in [6, 6.07) is 4.03. The second kappa shape index (κ2) is 18.8. The number of carboxylic acid groups (broad SMARTS) is 2. The molecule has 16 nitrogen and oxygen atoms in total. The smallest absolute Gasteiger partial charge is 0.407 e. The number of carbonyl (C=O) groups is 8. The Kier molecular flexibility index (Phi) is 15.3. The fourth-order valence-electron chi connectivity index (χ4n) is 5.03. The van der Waals surface area contributed by atoms with Gasteiger partial charge in [0, 0.05) is 26.3 Å². The van der Waals surface area contributed by atoms with Crippen LogP contribution in [0.3, 0.4) is 0 Å². The van der Waals surface area contributed by atoms with Crippen LogP contribution in [-0.4, -0.2) is 106 Å². The van der Waals surface area contributed by atoms with E-state index in [1.54, 1.807) is 13.8 Å². The molecule has 5 amide bonds. The molecule has 47 heavy (non-hydrogen) atoms. The fourth-order valence-corrected chi connectivity index (χ4v) is 5.03. The van der Waals surface area contributed by atoms with Crippen LogP contribution in [0.15, 0.2) is 30.3 Å². The summed E-state index contributed by atoms with van der Waals surface area (Å²) < 4.78 is 5.48. The summed E-state index contributed by atoms with van der Waals surface area (Å²) in [7, 11) is 0. The van der Waals surface area contributed by atoms with Gasteiger partial charge in [-0.1, -0.05) is 50.6 Å². The van der Waals surface area contributed by atoms with Crippen molar-refractivity contribution in [2.24, 2.45) is 5.92 Å². The van der Waals surface area contributed by atoms with Crippen molar-refractivity contribution in [1.82, 2.24) is 26.2 Å². The van der Waals surface area contributed by atoms with Crippen LogP contribution in [0.2, 0.25) is 0 Å². The number of aliphatic carboxylic acids is 2. The van der Waals surface area contributed by atoms with Gasteiger partial charge in [-0.2, -0.15) is 0 Å². The minimum absolute atomic E-state index is 0.229. The summed E-state index contributed by atoms with van der Waals surface area (Å²) in [6.45, 7) is 4.63. The van der Waals surface area contributed by atoms with E-state index in [2.05, 4.69) is 21.3 Å². The third kappa shape index (κ3) is 12.7. The summed E-state index contributed by atoms with van der Waals surface area (Å²) in [5, 5.41) is 28.3. The van der Waals surface area contributed by atoms with E-state index < -0.39 is 84.8 Å². The average Bonchev–Trinajstić information content (AvgIpc) is 3.44. The van der Waals surface area contributed by atoms with Crippen molar-refractivity contribution in [3.8, 4) is 0 Å². The summed E-state index contributed by atoms with van der Waals surface area (Å²) >= 11 is 0. The molecule has 6 N–H and O–H groups in total. The molecule has 1 fully saturated rings. The van der Waals surface area contributed by atoms with Crippen LogP contribution in [0.25, 0.3) is 0 Å². The summed E-state index contributed by atoms with van der Waals surface area (Å²) in [5.74, 6) is -6.00. The van der Waals surface area contributed by atoms with Crippen molar-refractivity contribution >= 4 is 47.9 Å². The molecule has 0 saturated carbocycles. The van der Waals surface area contributed by atoms with Crippen molar-refractivity contribution in [3.63, 3.8) is 0 Å². The van der Waals surface area contributed by atoms with Crippen LogP contribution in [-0.2, 0) is 44.7 Å². The Balaban J connectivity index is 2.29. The Morgan fingerprint density at radius 3 is 2.28 bits per heavy atom. The topological polar surface area (TPSA) is 238 Å². The first kappa shape index (κ1) is 38.2. The van der Waals surface area contributed by atoms with E-state index in [-0.39, 0.29) is 38.1 Å². The van der Waals surface area contributed by atoms with Gasteiger partial charge in [-0.25, -0.2) is 4.79 Å². The van der Waals surface area contributed by atoms with Crippen LogP contribution >= 0.6 is 0 Å². The zero-order valence-corrected chi connectivity index (χ0v) is 26.6. The molecule has 0 aliphatic carbocycles. The van der Waals surface area contributed by atoms with Gasteiger partial charge in [0.15, 0.2) is 0 Å². The van der Waals surface area contributed by atoms with Gasteiger partial charge in [0.2, 0.25) is 23.6 Å². The minimum atomic E-state index is -1.46. The Labute approximate surface area is 272 Å². The van der Waals surface area contributed by atoms with E-state index in [0.29, 0.717) is 12.8 Å². The summed E-state index contributed by atoms with van der Waals surface area (Å²) in [4.78, 5) is 99.9. The maximum absolute atomic E-state index is 13.9. The first-order chi connectivity index (χ1) is 22.2. The Morgan fingerprint density at radius 2 is 1.70 bits per heavy atom. The van der Waals surface area contributed by atoms with Crippen LogP contribution in [0.5, 0.6) is 0 Å². The number of ether oxygens (including phenoxy) is 1. The highest BCUT2D eigenvalue weighted by atomic mass is 16.6. The number of nitrogens with one attached hydrogen (secondary N) is 4. The number of rotatable bonds is 18. The number of benzene rings is 1. The quantitative estimate of drug-likeness (QED) is 0.114. The van der Waals surface area contributed by atoms with Crippen LogP contribution in [0.4, 0.5) is 4.79 Å². The molecular formula is C31H43N5O11. The predicted octanol–water partition coefficient (Wildman–Crippen LogP) is -0.0164. The zero-order chi connectivity index (χ0) is 35.1. The van der Waals surface area contributed by atoms with E-state index in [0.717, 1.165) is 10.5 Å². The minimum Gasteiger partial charge on any atom is -0.481 e. The molecule has 1 aliphatic heterocycles. The average molecular weight is 662 g/mol. The number of aldehydes is 1. The van der Waals surface area contributed by atoms with Crippen molar-refractivity contribution < 1.29 is 53.3 Å². The molecule has 1 heterocycles. The summed E-state index contributed by atoms with van der Waals surface area (Å²) in [6.07, 6.45) is -2.49. The standard InChI is InChI=1S/C31H43N5O11/c1-4-18(2)27(33-19(3)38)29(44)35-23(10-11-25(39)40)30(45)36-16-22(15-24(36)28(43)34-21(17-37)14-26(41)42)47-31(46)32-13-12-20-8-6-5-7-9-20/h5-9,17-18,21-24,27H,4,10-16H2,1-3H3,(H,32,46)(H,33,38)(H,34,43)(H,35,44)(H,39,40)(H,41,42)/t18-,21-,22+,23-,24?,27-/m0/s1. The molecule has 6 atom stereocenters. The number of carboxylic acids is 2. The van der Waals surface area contributed by atoms with Gasteiger partial charge in [-0.3, -0.25) is 28.8 Å². The SMILES string of the molecule is CC[C@H](C)[C@H](NC(C)=O)C(=O)N[C@@H](CCC(=O)O)C(=O)N1C[C@H](OC(=O)NCCc2ccccc2)CC1C(=O)N[C@H](C=O)CC(=O)O. The molecule has 0 radical (unpaired) electrons. The second-order valence-corrected chi connectivity index (χ2v) is 11.3. The van der Waals surface area contributed by atoms with Gasteiger partial charge in [-0.15, -0.1) is 0 Å². The predicted molar refractivity (Wildman–Crippen MR) is 165 cm³/mol.